The van der Waals surface area contributed by atoms with Gasteiger partial charge in [0.15, 0.2) is 0 Å². The lowest BCUT2D eigenvalue weighted by Crippen LogP contribution is -2.14. The molecule has 8 aromatic rings. The lowest BCUT2D eigenvalue weighted by atomic mass is 10.0. The number of nitriles is 9. The van der Waals surface area contributed by atoms with Crippen LogP contribution in [0.1, 0.15) is 122 Å². The Balaban J connectivity index is 0.000000538. The molecule has 0 saturated heterocycles. The van der Waals surface area contributed by atoms with Crippen LogP contribution in [0.5, 0.6) is 0 Å². The van der Waals surface area contributed by atoms with Gasteiger partial charge in [-0.25, -0.2) is 0 Å². The van der Waals surface area contributed by atoms with Gasteiger partial charge in [-0.1, -0.05) is 77.9 Å². The third kappa shape index (κ3) is 27.1. The highest BCUT2D eigenvalue weighted by Crippen LogP contribution is 2.39. The molecule has 0 aliphatic rings. The van der Waals surface area contributed by atoms with E-state index in [0.29, 0.717) is 73.3 Å². The fourth-order valence-corrected chi connectivity index (χ4v) is 7.32. The molecule has 24 heteroatoms. The predicted molar refractivity (Wildman–Crippen MR) is 317 cm³/mol. The number of aryl methyl sites for hydroxylation is 5. The van der Waals surface area contributed by atoms with Crippen LogP contribution < -0.4 is 0 Å². The van der Waals surface area contributed by atoms with Crippen LogP contribution in [0, 0.1) is 157 Å². The van der Waals surface area contributed by atoms with Gasteiger partial charge in [0.25, 0.3) is 0 Å². The summed E-state index contributed by atoms with van der Waals surface area (Å²) in [6.07, 6.45) is -22.2. The Labute approximate surface area is 532 Å². The monoisotopic (exact) mass is 1300 g/mol. The molecule has 0 spiro atoms. The van der Waals surface area contributed by atoms with Crippen molar-refractivity contribution in [2.75, 3.05) is 0 Å². The van der Waals surface area contributed by atoms with Crippen LogP contribution >= 0.6 is 0 Å². The first-order chi connectivity index (χ1) is 43.7. The topological polar surface area (TPSA) is 214 Å². The minimum Gasteiger partial charge on any atom is -0.192 e. The summed E-state index contributed by atoms with van der Waals surface area (Å²) in [4.78, 5) is 0. The zero-order valence-corrected chi connectivity index (χ0v) is 50.7. The molecule has 0 aliphatic heterocycles. The maximum atomic E-state index is 12.2. The lowest BCUT2D eigenvalue weighted by Gasteiger charge is -2.15. The molecular formula is C70H50F15N9. The fraction of sp³-hybridized carbons (Fsp3) is 0.186. The Morgan fingerprint density at radius 1 is 0.234 bits per heavy atom. The standard InChI is InChI=1S/C10H5N3.C9H6F6.3C9H6N2.3C8H7F3/c1-7-9(5-12)2-8(4-11)3-10(7)6-13;1-5-6(8(10,11)12)3-2-4-7(5)9(13,14)15;1-7-2-8(5-10)4-9(3-7)6-11;1-7-2-3-8(5-10)4-9(7)6-11;1-7-8(5-10)3-2-4-9(7)6-11;1-6-2-4-7(5-3-6)8(9,10)11;1-6-3-2-4-7(5-6)8(9,10)11;1-6-4-2-3-5-7(6)8(9,10)11/h2-3H,1H3;2-4H,1H3;3*2-4H,1H3;3*2-5H,1H3. The molecule has 94 heavy (non-hydrogen) atoms. The molecule has 0 heterocycles. The van der Waals surface area contributed by atoms with Gasteiger partial charge in [-0.2, -0.15) is 113 Å². The van der Waals surface area contributed by atoms with E-state index in [4.69, 9.17) is 47.4 Å². The highest BCUT2D eigenvalue weighted by atomic mass is 19.4. The lowest BCUT2D eigenvalue weighted by molar-refractivity contribution is -0.144. The van der Waals surface area contributed by atoms with E-state index in [-0.39, 0.29) is 5.56 Å². The van der Waals surface area contributed by atoms with Crippen molar-refractivity contribution in [3.8, 4) is 54.6 Å². The second kappa shape index (κ2) is 36.7. The molecule has 8 aromatic carbocycles. The maximum Gasteiger partial charge on any atom is 0.416 e. The van der Waals surface area contributed by atoms with E-state index in [2.05, 4.69) is 0 Å². The number of benzene rings is 8. The molecular weight excluding hydrogens is 1250 g/mol. The molecule has 0 aliphatic carbocycles. The van der Waals surface area contributed by atoms with Crippen LogP contribution in [0.4, 0.5) is 65.9 Å². The maximum absolute atomic E-state index is 12.2. The van der Waals surface area contributed by atoms with Gasteiger partial charge in [0, 0.05) is 0 Å². The molecule has 480 valence electrons. The Bertz CT molecular complexity index is 4140. The smallest absolute Gasteiger partial charge is 0.192 e. The number of nitrogens with zero attached hydrogens (tertiary/aromatic N) is 9. The molecule has 0 unspecified atom stereocenters. The molecule has 0 atom stereocenters. The van der Waals surface area contributed by atoms with Gasteiger partial charge in [-0.15, -0.1) is 0 Å². The van der Waals surface area contributed by atoms with Crippen LogP contribution in [-0.4, -0.2) is 0 Å². The zero-order chi connectivity index (χ0) is 72.0. The Kier molecular flexibility index (Phi) is 31.3. The molecule has 0 fully saturated rings. The van der Waals surface area contributed by atoms with Gasteiger partial charge in [0.1, 0.15) is 0 Å². The summed E-state index contributed by atoms with van der Waals surface area (Å²) in [6, 6.07) is 53.8. The molecule has 0 saturated carbocycles. The predicted octanol–water partition coefficient (Wildman–Crippen LogP) is 19.9. The second-order valence-electron chi connectivity index (χ2n) is 19.3. The van der Waals surface area contributed by atoms with Gasteiger partial charge < -0.3 is 0 Å². The van der Waals surface area contributed by atoms with E-state index >= 15 is 0 Å². The molecule has 0 N–H and O–H groups in total. The van der Waals surface area contributed by atoms with Crippen LogP contribution in [0.15, 0.2) is 158 Å². The van der Waals surface area contributed by atoms with Gasteiger partial charge in [-0.05, 0) is 180 Å². The van der Waals surface area contributed by atoms with Gasteiger partial charge in [0.05, 0.1) is 133 Å². The minimum atomic E-state index is -4.76. The number of alkyl halides is 15. The van der Waals surface area contributed by atoms with Crippen molar-refractivity contribution in [3.05, 3.63) is 280 Å². The first-order valence-corrected chi connectivity index (χ1v) is 26.4. The summed E-state index contributed by atoms with van der Waals surface area (Å²) in [5, 5.41) is 77.2. The van der Waals surface area contributed by atoms with Gasteiger partial charge in [-0.3, -0.25) is 0 Å². The molecule has 0 bridgehead atoms. The highest BCUT2D eigenvalue weighted by Gasteiger charge is 2.39. The highest BCUT2D eigenvalue weighted by molar-refractivity contribution is 5.53. The van der Waals surface area contributed by atoms with Crippen LogP contribution in [0.2, 0.25) is 0 Å². The van der Waals surface area contributed by atoms with Crippen molar-refractivity contribution < 1.29 is 65.9 Å². The summed E-state index contributed by atoms with van der Waals surface area (Å²) >= 11 is 0. The minimum absolute atomic E-state index is 0.264. The van der Waals surface area contributed by atoms with Gasteiger partial charge in [0.2, 0.25) is 0 Å². The first-order valence-electron chi connectivity index (χ1n) is 26.4. The third-order valence-electron chi connectivity index (χ3n) is 12.3. The third-order valence-corrected chi connectivity index (χ3v) is 12.3. The van der Waals surface area contributed by atoms with Crippen molar-refractivity contribution >= 4 is 0 Å². The van der Waals surface area contributed by atoms with Crippen molar-refractivity contribution in [1.82, 2.24) is 0 Å². The molecule has 0 amide bonds. The number of rotatable bonds is 0. The quantitative estimate of drug-likeness (QED) is 0.132. The average Bonchev–Trinajstić information content (AvgIpc) is 0.811. The fourth-order valence-electron chi connectivity index (χ4n) is 7.32. The zero-order valence-electron chi connectivity index (χ0n) is 50.7. The van der Waals surface area contributed by atoms with Gasteiger partial charge >= 0.3 is 30.9 Å². The summed E-state index contributed by atoms with van der Waals surface area (Å²) in [5.41, 5.74) is 4.39. The largest absolute Gasteiger partial charge is 0.416 e. The van der Waals surface area contributed by atoms with Crippen molar-refractivity contribution in [1.29, 1.82) is 47.4 Å². The number of halogens is 15. The Morgan fingerprint density at radius 2 is 0.606 bits per heavy atom. The van der Waals surface area contributed by atoms with E-state index in [1.54, 1.807) is 94.4 Å². The summed E-state index contributed by atoms with van der Waals surface area (Å²) in [5.74, 6) is 0. The number of hydrogen-bond donors (Lipinski definition) is 0. The Hall–Kier alpha value is -11.9. The Morgan fingerprint density at radius 3 is 0.968 bits per heavy atom. The average molecular weight is 1300 g/mol. The normalized spacial score (nSPS) is 10.2. The molecule has 0 aromatic heterocycles. The first kappa shape index (κ1) is 80.1. The SMILES string of the molecule is Cc1c(C#N)cc(C#N)cc1C#N.Cc1c(C#N)cccc1C#N.Cc1c(C(F)(F)F)cccc1C(F)(F)F.Cc1cc(C#N)cc(C#N)c1.Cc1ccc(C#N)cc1C#N.Cc1ccc(C(F)(F)F)cc1.Cc1cccc(C(F)(F)F)c1.Cc1ccccc1C(F)(F)F. The van der Waals surface area contributed by atoms with E-state index in [1.807, 2.05) is 68.5 Å². The van der Waals surface area contributed by atoms with E-state index < -0.39 is 64.3 Å². The van der Waals surface area contributed by atoms with Crippen molar-refractivity contribution in [2.45, 2.75) is 86.3 Å². The van der Waals surface area contributed by atoms with Crippen LogP contribution in [0.25, 0.3) is 0 Å². The molecule has 9 nitrogen and oxygen atoms in total. The van der Waals surface area contributed by atoms with Crippen molar-refractivity contribution in [3.63, 3.8) is 0 Å². The summed E-state index contributed by atoms with van der Waals surface area (Å²) < 4.78 is 181. The van der Waals surface area contributed by atoms with Crippen LogP contribution in [0.3, 0.4) is 0 Å². The van der Waals surface area contributed by atoms with E-state index in [0.717, 1.165) is 65.6 Å². The van der Waals surface area contributed by atoms with E-state index in [9.17, 15) is 65.9 Å². The molecule has 8 rings (SSSR count). The number of hydrogen-bond acceptors (Lipinski definition) is 9. The van der Waals surface area contributed by atoms with Crippen molar-refractivity contribution in [2.24, 2.45) is 0 Å². The summed E-state index contributed by atoms with van der Waals surface area (Å²) in [6.45, 7) is 12.8. The second-order valence-corrected chi connectivity index (χ2v) is 19.3. The van der Waals surface area contributed by atoms with Crippen LogP contribution in [-0.2, 0) is 30.9 Å². The van der Waals surface area contributed by atoms with E-state index in [1.165, 1.54) is 49.4 Å². The molecule has 0 radical (unpaired) electrons. The summed E-state index contributed by atoms with van der Waals surface area (Å²) in [7, 11) is 0.